The van der Waals surface area contributed by atoms with Gasteiger partial charge in [0.15, 0.2) is 0 Å². The van der Waals surface area contributed by atoms with Gasteiger partial charge < -0.3 is 26.6 Å². The molecule has 2 atom stereocenters. The second kappa shape index (κ2) is 25.2. The molecule has 0 fully saturated rings. The Hall–Kier alpha value is -2.07. The Labute approximate surface area is 233 Å². The number of unbranched alkanes of at least 4 members (excludes halogenated alkanes) is 12. The van der Waals surface area contributed by atoms with Gasteiger partial charge in [-0.05, 0) is 44.3 Å². The molecule has 0 saturated carbocycles. The summed E-state index contributed by atoms with van der Waals surface area (Å²) in [5.74, 6) is -2.28. The van der Waals surface area contributed by atoms with Crippen molar-refractivity contribution in [3.8, 4) is 0 Å². The van der Waals surface area contributed by atoms with Crippen LogP contribution in [-0.2, 0) is 19.2 Å². The van der Waals surface area contributed by atoms with Crippen molar-refractivity contribution >= 4 is 35.5 Å². The Morgan fingerprint density at radius 3 is 1.95 bits per heavy atom. The molecule has 0 aromatic carbocycles. The molecule has 38 heavy (non-hydrogen) atoms. The van der Waals surface area contributed by atoms with E-state index in [1.54, 1.807) is 0 Å². The van der Waals surface area contributed by atoms with Gasteiger partial charge in [-0.1, -0.05) is 76.9 Å². The maximum atomic E-state index is 12.3. The van der Waals surface area contributed by atoms with E-state index in [4.69, 9.17) is 15.9 Å². The average Bonchev–Trinajstić information content (AvgIpc) is 2.88. The third kappa shape index (κ3) is 23.1. The van der Waals surface area contributed by atoms with Crippen LogP contribution in [0.15, 0.2) is 12.2 Å². The Balaban J connectivity index is 3.96. The number of allylic oxidation sites excluding steroid dienone is 2. The molecule has 0 bridgehead atoms. The highest BCUT2D eigenvalue weighted by atomic mass is 32.2. The highest BCUT2D eigenvalue weighted by molar-refractivity contribution is 7.99. The fraction of sp³-hybridized carbons (Fsp3) is 0.786. The number of nitrogens with one attached hydrogen (secondary N) is 2. The van der Waals surface area contributed by atoms with Gasteiger partial charge in [0.2, 0.25) is 11.8 Å². The van der Waals surface area contributed by atoms with Gasteiger partial charge in [0.1, 0.15) is 18.6 Å². The molecular formula is C28H51N3O6S. The molecule has 0 aliphatic carbocycles. The first-order valence-electron chi connectivity index (χ1n) is 14.3. The Morgan fingerprint density at radius 1 is 0.842 bits per heavy atom. The monoisotopic (exact) mass is 557 g/mol. The highest BCUT2D eigenvalue weighted by Crippen LogP contribution is 2.13. The first kappa shape index (κ1) is 35.9. The van der Waals surface area contributed by atoms with E-state index < -0.39 is 42.4 Å². The lowest BCUT2D eigenvalue weighted by Gasteiger charge is -2.18. The lowest BCUT2D eigenvalue weighted by atomic mass is 10.1. The molecule has 0 unspecified atom stereocenters. The lowest BCUT2D eigenvalue weighted by Crippen LogP contribution is -2.49. The number of rotatable bonds is 26. The van der Waals surface area contributed by atoms with Crippen molar-refractivity contribution in [2.75, 3.05) is 18.1 Å². The predicted molar refractivity (Wildman–Crippen MR) is 154 cm³/mol. The van der Waals surface area contributed by atoms with E-state index in [2.05, 4.69) is 29.7 Å². The number of aliphatic carboxylic acids is 2. The molecule has 0 aliphatic rings. The quantitative estimate of drug-likeness (QED) is 0.0760. The molecule has 0 spiro atoms. The van der Waals surface area contributed by atoms with Crippen LogP contribution in [-0.4, -0.2) is 64.1 Å². The van der Waals surface area contributed by atoms with Crippen molar-refractivity contribution < 1.29 is 29.4 Å². The summed E-state index contributed by atoms with van der Waals surface area (Å²) in [5, 5.41) is 22.5. The summed E-state index contributed by atoms with van der Waals surface area (Å²) >= 11 is 1.53. The van der Waals surface area contributed by atoms with E-state index in [0.717, 1.165) is 25.0 Å². The maximum absolute atomic E-state index is 12.3. The Kier molecular flexibility index (Phi) is 23.8. The fourth-order valence-corrected chi connectivity index (χ4v) is 4.84. The smallest absolute Gasteiger partial charge is 0.322 e. The first-order chi connectivity index (χ1) is 18.3. The summed E-state index contributed by atoms with van der Waals surface area (Å²) in [4.78, 5) is 46.0. The molecule has 6 N–H and O–H groups in total. The summed E-state index contributed by atoms with van der Waals surface area (Å²) in [6.07, 6.45) is 21.9. The second-order valence-corrected chi connectivity index (χ2v) is 10.9. The van der Waals surface area contributed by atoms with Gasteiger partial charge in [-0.3, -0.25) is 19.2 Å². The van der Waals surface area contributed by atoms with Crippen molar-refractivity contribution in [3.63, 3.8) is 0 Å². The van der Waals surface area contributed by atoms with E-state index in [1.165, 1.54) is 82.4 Å². The van der Waals surface area contributed by atoms with Gasteiger partial charge in [0.05, 0.1) is 0 Å². The summed E-state index contributed by atoms with van der Waals surface area (Å²) in [6, 6.07) is -2.04. The van der Waals surface area contributed by atoms with E-state index in [-0.39, 0.29) is 12.8 Å². The van der Waals surface area contributed by atoms with Crippen molar-refractivity contribution in [1.82, 2.24) is 10.6 Å². The summed E-state index contributed by atoms with van der Waals surface area (Å²) < 4.78 is 0. The minimum Gasteiger partial charge on any atom is -0.480 e. The zero-order valence-electron chi connectivity index (χ0n) is 23.3. The van der Waals surface area contributed by atoms with Crippen LogP contribution in [0.25, 0.3) is 0 Å². The molecule has 0 aliphatic heterocycles. The molecule has 2 amide bonds. The third-order valence-electron chi connectivity index (χ3n) is 6.15. The molecule has 9 nitrogen and oxygen atoms in total. The van der Waals surface area contributed by atoms with Crippen molar-refractivity contribution in [2.24, 2.45) is 5.73 Å². The number of hydrogen-bond donors (Lipinski definition) is 5. The van der Waals surface area contributed by atoms with Gasteiger partial charge >= 0.3 is 11.9 Å². The van der Waals surface area contributed by atoms with E-state index in [1.807, 2.05) is 0 Å². The number of hydrogen-bond acceptors (Lipinski definition) is 6. The van der Waals surface area contributed by atoms with Gasteiger partial charge in [-0.25, -0.2) is 0 Å². The zero-order chi connectivity index (χ0) is 28.4. The summed E-state index contributed by atoms with van der Waals surface area (Å²) in [6.45, 7) is 1.71. The second-order valence-electron chi connectivity index (χ2n) is 9.73. The van der Waals surface area contributed by atoms with Crippen molar-refractivity contribution in [2.45, 2.75) is 122 Å². The number of carbonyl (C=O) groups excluding carboxylic acids is 2. The highest BCUT2D eigenvalue weighted by Gasteiger charge is 2.22. The van der Waals surface area contributed by atoms with E-state index >= 15 is 0 Å². The van der Waals surface area contributed by atoms with Crippen LogP contribution in [0.1, 0.15) is 110 Å². The third-order valence-corrected chi connectivity index (χ3v) is 7.30. The summed E-state index contributed by atoms with van der Waals surface area (Å²) in [5.41, 5.74) is 5.42. The summed E-state index contributed by atoms with van der Waals surface area (Å²) in [7, 11) is 0. The largest absolute Gasteiger partial charge is 0.480 e. The number of thioether (sulfide) groups is 1. The predicted octanol–water partition coefficient (Wildman–Crippen LogP) is 4.63. The fourth-order valence-electron chi connectivity index (χ4n) is 3.80. The molecule has 0 rings (SSSR count). The van der Waals surface area contributed by atoms with Gasteiger partial charge in [0.25, 0.3) is 0 Å². The topological polar surface area (TPSA) is 159 Å². The number of amides is 2. The standard InChI is InChI=1S/C28H51N3O6S/c1-2-3-4-5-6-7-8-9-10-11-12-13-14-15-16-17-20-38-22-24(27(35)30-21-26(33)34)31-25(32)19-18-23(29)28(36)37/h9-10,23-24H,2-8,11-22,29H2,1H3,(H,30,35)(H,31,32)(H,33,34)(H,36,37)/b10-9-/t23-,24-/m0/s1. The van der Waals surface area contributed by atoms with Crippen LogP contribution in [0.4, 0.5) is 0 Å². The van der Waals surface area contributed by atoms with Crippen LogP contribution in [0.3, 0.4) is 0 Å². The molecule has 0 radical (unpaired) electrons. The van der Waals surface area contributed by atoms with E-state index in [0.29, 0.717) is 5.75 Å². The van der Waals surface area contributed by atoms with Crippen LogP contribution >= 0.6 is 11.8 Å². The number of carboxylic acid groups (broad SMARTS) is 2. The Morgan fingerprint density at radius 2 is 1.39 bits per heavy atom. The minimum atomic E-state index is -1.19. The zero-order valence-corrected chi connectivity index (χ0v) is 24.1. The van der Waals surface area contributed by atoms with Crippen LogP contribution in [0.5, 0.6) is 0 Å². The molecule has 220 valence electrons. The van der Waals surface area contributed by atoms with Crippen molar-refractivity contribution in [3.05, 3.63) is 12.2 Å². The van der Waals surface area contributed by atoms with Gasteiger partial charge in [-0.2, -0.15) is 11.8 Å². The molecule has 0 aromatic rings. The van der Waals surface area contributed by atoms with Crippen LogP contribution < -0.4 is 16.4 Å². The maximum Gasteiger partial charge on any atom is 0.322 e. The average molecular weight is 558 g/mol. The number of carboxylic acids is 2. The van der Waals surface area contributed by atoms with E-state index in [9.17, 15) is 19.2 Å². The first-order valence-corrected chi connectivity index (χ1v) is 15.4. The SMILES string of the molecule is CCCCCCCC/C=C\CCCCCCCCSC[C@H](NC(=O)CC[C@H](N)C(=O)O)C(=O)NCC(=O)O. The molecule has 10 heteroatoms. The minimum absolute atomic E-state index is 0.0484. The lowest BCUT2D eigenvalue weighted by molar-refractivity contribution is -0.139. The molecule has 0 saturated heterocycles. The number of nitrogens with two attached hydrogens (primary N) is 1. The molecular weight excluding hydrogens is 506 g/mol. The van der Waals surface area contributed by atoms with Crippen LogP contribution in [0, 0.1) is 0 Å². The van der Waals surface area contributed by atoms with Gasteiger partial charge in [0, 0.05) is 12.2 Å². The normalized spacial score (nSPS) is 12.8. The van der Waals surface area contributed by atoms with Crippen molar-refractivity contribution in [1.29, 1.82) is 0 Å². The van der Waals surface area contributed by atoms with Crippen LogP contribution in [0.2, 0.25) is 0 Å². The number of carbonyl (C=O) groups is 4. The van der Waals surface area contributed by atoms with Gasteiger partial charge in [-0.15, -0.1) is 0 Å². The molecule has 0 heterocycles. The Bertz CT molecular complexity index is 690. The molecule has 0 aromatic heterocycles.